The van der Waals surface area contributed by atoms with E-state index in [9.17, 15) is 14.0 Å². The molecule has 0 spiro atoms. The molecule has 2 rings (SSSR count). The molecule has 0 heterocycles. The molecule has 2 aromatic rings. The highest BCUT2D eigenvalue weighted by Gasteiger charge is 2.22. The zero-order valence-electron chi connectivity index (χ0n) is 15.0. The van der Waals surface area contributed by atoms with Gasteiger partial charge in [-0.2, -0.15) is 0 Å². The predicted molar refractivity (Wildman–Crippen MR) is 94.2 cm³/mol. The smallest absolute Gasteiger partial charge is 0.341 e. The number of hydrogen-bond acceptors (Lipinski definition) is 5. The summed E-state index contributed by atoms with van der Waals surface area (Å²) in [6.07, 6.45) is -1.13. The Morgan fingerprint density at radius 1 is 1.08 bits per heavy atom. The number of rotatable bonds is 6. The fraction of sp³-hybridized carbons (Fsp3) is 0.263. The fourth-order valence-electron chi connectivity index (χ4n) is 2.22. The van der Waals surface area contributed by atoms with Crippen LogP contribution in [0.2, 0.25) is 0 Å². The van der Waals surface area contributed by atoms with Crippen LogP contribution >= 0.6 is 0 Å². The number of amides is 1. The van der Waals surface area contributed by atoms with E-state index < -0.39 is 23.8 Å². The SMILES string of the molecule is COc1ccc(C(=O)O[C@H](C)C(=O)Nc2cc(C)ccc2OC)c(F)c1. The number of anilines is 1. The number of benzene rings is 2. The van der Waals surface area contributed by atoms with Crippen LogP contribution in [-0.2, 0) is 9.53 Å². The van der Waals surface area contributed by atoms with Gasteiger partial charge in [0.05, 0.1) is 25.5 Å². The van der Waals surface area contributed by atoms with Gasteiger partial charge in [-0.1, -0.05) is 6.07 Å². The van der Waals surface area contributed by atoms with Gasteiger partial charge in [-0.05, 0) is 43.7 Å². The normalized spacial score (nSPS) is 11.4. The summed E-state index contributed by atoms with van der Waals surface area (Å²) < 4.78 is 29.1. The molecule has 1 N–H and O–H groups in total. The third-order valence-corrected chi connectivity index (χ3v) is 3.66. The van der Waals surface area contributed by atoms with E-state index in [0.717, 1.165) is 11.6 Å². The third-order valence-electron chi connectivity index (χ3n) is 3.66. The van der Waals surface area contributed by atoms with Gasteiger partial charge in [0.2, 0.25) is 0 Å². The summed E-state index contributed by atoms with van der Waals surface area (Å²) in [5.74, 6) is -1.54. The van der Waals surface area contributed by atoms with Gasteiger partial charge in [0.1, 0.15) is 17.3 Å². The van der Waals surface area contributed by atoms with Gasteiger partial charge in [-0.25, -0.2) is 9.18 Å². The first-order chi connectivity index (χ1) is 12.3. The minimum Gasteiger partial charge on any atom is -0.497 e. The molecule has 0 bridgehead atoms. The lowest BCUT2D eigenvalue weighted by molar-refractivity contribution is -0.123. The van der Waals surface area contributed by atoms with E-state index in [2.05, 4.69) is 5.32 Å². The van der Waals surface area contributed by atoms with Crippen LogP contribution < -0.4 is 14.8 Å². The van der Waals surface area contributed by atoms with Crippen molar-refractivity contribution in [1.82, 2.24) is 0 Å². The largest absolute Gasteiger partial charge is 0.497 e. The lowest BCUT2D eigenvalue weighted by Gasteiger charge is -2.16. The molecule has 0 radical (unpaired) electrons. The monoisotopic (exact) mass is 361 g/mol. The van der Waals surface area contributed by atoms with Crippen LogP contribution in [0.5, 0.6) is 11.5 Å². The van der Waals surface area contributed by atoms with E-state index in [4.69, 9.17) is 14.2 Å². The summed E-state index contributed by atoms with van der Waals surface area (Å²) in [6, 6.07) is 9.03. The highest BCUT2D eigenvalue weighted by molar-refractivity contribution is 5.98. The summed E-state index contributed by atoms with van der Waals surface area (Å²) in [6.45, 7) is 3.27. The second-order valence-electron chi connectivity index (χ2n) is 5.59. The van der Waals surface area contributed by atoms with Gasteiger partial charge in [0, 0.05) is 6.07 Å². The predicted octanol–water partition coefficient (Wildman–Crippen LogP) is 3.34. The summed E-state index contributed by atoms with van der Waals surface area (Å²) >= 11 is 0. The fourth-order valence-corrected chi connectivity index (χ4v) is 2.22. The highest BCUT2D eigenvalue weighted by Crippen LogP contribution is 2.25. The van der Waals surface area contributed by atoms with E-state index in [-0.39, 0.29) is 11.3 Å². The molecule has 0 aromatic heterocycles. The molecular weight excluding hydrogens is 341 g/mol. The zero-order valence-corrected chi connectivity index (χ0v) is 15.0. The van der Waals surface area contributed by atoms with Crippen molar-refractivity contribution in [2.24, 2.45) is 0 Å². The average molecular weight is 361 g/mol. The van der Waals surface area contributed by atoms with Crippen molar-refractivity contribution in [2.45, 2.75) is 20.0 Å². The minimum absolute atomic E-state index is 0.274. The number of carbonyl (C=O) groups is 2. The number of halogens is 1. The Labute approximate surface area is 150 Å². The Morgan fingerprint density at radius 3 is 2.42 bits per heavy atom. The van der Waals surface area contributed by atoms with Crippen LogP contribution in [0.3, 0.4) is 0 Å². The number of esters is 1. The van der Waals surface area contributed by atoms with Gasteiger partial charge in [0.15, 0.2) is 6.10 Å². The van der Waals surface area contributed by atoms with Crippen molar-refractivity contribution in [3.8, 4) is 11.5 Å². The minimum atomic E-state index is -1.13. The first kappa shape index (κ1) is 19.2. The Morgan fingerprint density at radius 2 is 1.81 bits per heavy atom. The van der Waals surface area contributed by atoms with Gasteiger partial charge in [-0.3, -0.25) is 4.79 Å². The molecule has 0 saturated heterocycles. The second kappa shape index (κ2) is 8.33. The number of carbonyl (C=O) groups excluding carboxylic acids is 2. The van der Waals surface area contributed by atoms with Gasteiger partial charge >= 0.3 is 5.97 Å². The Kier molecular flexibility index (Phi) is 6.16. The lowest BCUT2D eigenvalue weighted by atomic mass is 10.2. The second-order valence-corrected chi connectivity index (χ2v) is 5.59. The van der Waals surface area contributed by atoms with Crippen LogP contribution in [0.1, 0.15) is 22.8 Å². The maximum Gasteiger partial charge on any atom is 0.341 e. The number of nitrogens with one attached hydrogen (secondary N) is 1. The van der Waals surface area contributed by atoms with Gasteiger partial charge in [-0.15, -0.1) is 0 Å². The average Bonchev–Trinajstić information content (AvgIpc) is 2.61. The Bertz CT molecular complexity index is 822. The lowest BCUT2D eigenvalue weighted by Crippen LogP contribution is -2.30. The van der Waals surface area contributed by atoms with Gasteiger partial charge < -0.3 is 19.5 Å². The molecule has 6 nitrogen and oxygen atoms in total. The summed E-state index contributed by atoms with van der Waals surface area (Å²) in [5.41, 5.74) is 1.10. The molecule has 0 aliphatic rings. The summed E-state index contributed by atoms with van der Waals surface area (Å²) in [4.78, 5) is 24.4. The standard InChI is InChI=1S/C19H20FNO5/c1-11-5-8-17(25-4)16(9-11)21-18(22)12(2)26-19(23)14-7-6-13(24-3)10-15(14)20/h5-10,12H,1-4H3,(H,21,22)/t12-/m1/s1. The zero-order chi connectivity index (χ0) is 19.3. The van der Waals surface area contributed by atoms with Crippen molar-refractivity contribution >= 4 is 17.6 Å². The Balaban J connectivity index is 2.07. The third kappa shape index (κ3) is 4.50. The van der Waals surface area contributed by atoms with Gasteiger partial charge in [0.25, 0.3) is 5.91 Å². The van der Waals surface area contributed by atoms with Crippen molar-refractivity contribution in [1.29, 1.82) is 0 Å². The first-order valence-electron chi connectivity index (χ1n) is 7.85. The molecule has 1 amide bonds. The van der Waals surface area contributed by atoms with Crippen LogP contribution in [0.25, 0.3) is 0 Å². The van der Waals surface area contributed by atoms with Crippen LogP contribution in [-0.4, -0.2) is 32.2 Å². The summed E-state index contributed by atoms with van der Waals surface area (Å²) in [7, 11) is 2.87. The molecule has 2 aromatic carbocycles. The quantitative estimate of drug-likeness (QED) is 0.799. The van der Waals surface area contributed by atoms with Crippen LogP contribution in [0.15, 0.2) is 36.4 Å². The number of methoxy groups -OCH3 is 2. The van der Waals surface area contributed by atoms with E-state index in [0.29, 0.717) is 11.4 Å². The molecule has 138 valence electrons. The summed E-state index contributed by atoms with van der Waals surface area (Å²) in [5, 5.41) is 2.64. The highest BCUT2D eigenvalue weighted by atomic mass is 19.1. The molecule has 26 heavy (non-hydrogen) atoms. The van der Waals surface area contributed by atoms with E-state index in [1.165, 1.54) is 33.3 Å². The molecule has 7 heteroatoms. The molecule has 0 aliphatic heterocycles. The van der Waals surface area contributed by atoms with E-state index >= 15 is 0 Å². The molecule has 0 aliphatic carbocycles. The van der Waals surface area contributed by atoms with Crippen LogP contribution in [0, 0.1) is 12.7 Å². The molecule has 0 fully saturated rings. The molecule has 0 unspecified atom stereocenters. The number of hydrogen-bond donors (Lipinski definition) is 1. The maximum atomic E-state index is 13.9. The molecular formula is C19H20FNO5. The molecule has 1 atom stereocenters. The van der Waals surface area contributed by atoms with Crippen molar-refractivity contribution in [3.63, 3.8) is 0 Å². The van der Waals surface area contributed by atoms with Crippen molar-refractivity contribution < 1.29 is 28.2 Å². The molecule has 0 saturated carbocycles. The first-order valence-corrected chi connectivity index (χ1v) is 7.85. The topological polar surface area (TPSA) is 73.9 Å². The van der Waals surface area contributed by atoms with Crippen LogP contribution in [0.4, 0.5) is 10.1 Å². The number of aryl methyl sites for hydroxylation is 1. The van der Waals surface area contributed by atoms with Crippen molar-refractivity contribution in [2.75, 3.05) is 19.5 Å². The maximum absolute atomic E-state index is 13.9. The van der Waals surface area contributed by atoms with Crippen molar-refractivity contribution in [3.05, 3.63) is 53.3 Å². The van der Waals surface area contributed by atoms with E-state index in [1.54, 1.807) is 12.1 Å². The Hall–Kier alpha value is -3.09. The number of ether oxygens (including phenoxy) is 3. The van der Waals surface area contributed by atoms with E-state index in [1.807, 2.05) is 13.0 Å².